The summed E-state index contributed by atoms with van der Waals surface area (Å²) in [6.45, 7) is 1.75. The molecule has 174 valence electrons. The van der Waals surface area contributed by atoms with E-state index in [9.17, 15) is 22.7 Å². The maximum atomic E-state index is 13.4. The molecule has 0 amide bonds. The summed E-state index contributed by atoms with van der Waals surface area (Å²) in [6, 6.07) is 11.8. The van der Waals surface area contributed by atoms with E-state index in [-0.39, 0.29) is 12.4 Å². The monoisotopic (exact) mass is 462 g/mol. The predicted octanol–water partition coefficient (Wildman–Crippen LogP) is 4.69. The van der Waals surface area contributed by atoms with Crippen molar-refractivity contribution >= 4 is 5.52 Å². The second kappa shape index (κ2) is 8.60. The zero-order chi connectivity index (χ0) is 23.8. The van der Waals surface area contributed by atoms with E-state index in [0.717, 1.165) is 34.1 Å². The van der Waals surface area contributed by atoms with Gasteiger partial charge in [0.15, 0.2) is 0 Å². The van der Waals surface area contributed by atoms with Crippen molar-refractivity contribution in [1.29, 1.82) is 0 Å². The molecule has 1 N–H and O–H groups in total. The first-order valence-electron chi connectivity index (χ1n) is 10.2. The Balaban J connectivity index is 1.67. The summed E-state index contributed by atoms with van der Waals surface area (Å²) in [5.74, 6) is -0.331. The Morgan fingerprint density at radius 2 is 1.82 bits per heavy atom. The average Bonchev–Trinajstić information content (AvgIpc) is 3.38. The SMILES string of the molecule is CCC(O)(c1cn(Cc2ccn3c(-c4ccc(F)cc4)c(COC)cc3c2)nn1)C(F)(F)F. The van der Waals surface area contributed by atoms with Gasteiger partial charge in [-0.25, -0.2) is 9.07 Å². The van der Waals surface area contributed by atoms with Gasteiger partial charge >= 0.3 is 6.18 Å². The van der Waals surface area contributed by atoms with Crippen LogP contribution in [0.2, 0.25) is 0 Å². The lowest BCUT2D eigenvalue weighted by atomic mass is 9.96. The van der Waals surface area contributed by atoms with Gasteiger partial charge in [-0.1, -0.05) is 12.1 Å². The zero-order valence-electron chi connectivity index (χ0n) is 18.0. The van der Waals surface area contributed by atoms with E-state index in [1.807, 2.05) is 28.8 Å². The Morgan fingerprint density at radius 1 is 1.09 bits per heavy atom. The van der Waals surface area contributed by atoms with Crippen molar-refractivity contribution in [3.63, 3.8) is 0 Å². The number of fused-ring (bicyclic) bond motifs is 1. The van der Waals surface area contributed by atoms with Crippen LogP contribution in [0.3, 0.4) is 0 Å². The van der Waals surface area contributed by atoms with E-state index in [1.54, 1.807) is 19.2 Å². The molecule has 33 heavy (non-hydrogen) atoms. The van der Waals surface area contributed by atoms with E-state index in [1.165, 1.54) is 23.7 Å². The molecular formula is C23H22F4N4O2. The maximum absolute atomic E-state index is 13.4. The van der Waals surface area contributed by atoms with Crippen LogP contribution < -0.4 is 0 Å². The maximum Gasteiger partial charge on any atom is 0.423 e. The molecule has 0 radical (unpaired) electrons. The summed E-state index contributed by atoms with van der Waals surface area (Å²) >= 11 is 0. The van der Waals surface area contributed by atoms with Crippen LogP contribution in [0.25, 0.3) is 16.8 Å². The van der Waals surface area contributed by atoms with Crippen molar-refractivity contribution in [3.05, 3.63) is 77.5 Å². The second-order valence-corrected chi connectivity index (χ2v) is 7.80. The minimum atomic E-state index is -4.86. The third-order valence-corrected chi connectivity index (χ3v) is 5.62. The largest absolute Gasteiger partial charge is 0.423 e. The highest BCUT2D eigenvalue weighted by molar-refractivity contribution is 5.72. The molecule has 0 saturated carbocycles. The normalized spacial score (nSPS) is 14.0. The quantitative estimate of drug-likeness (QED) is 0.405. The summed E-state index contributed by atoms with van der Waals surface area (Å²) in [6.07, 6.45) is -2.49. The van der Waals surface area contributed by atoms with Gasteiger partial charge in [0, 0.05) is 24.4 Å². The number of aromatic nitrogens is 4. The molecule has 4 aromatic rings. The first kappa shape index (κ1) is 22.9. The summed E-state index contributed by atoms with van der Waals surface area (Å²) in [7, 11) is 1.59. The van der Waals surface area contributed by atoms with E-state index in [4.69, 9.17) is 4.74 Å². The molecule has 0 fully saturated rings. The van der Waals surface area contributed by atoms with E-state index in [0.29, 0.717) is 6.61 Å². The fraction of sp³-hybridized carbons (Fsp3) is 0.304. The van der Waals surface area contributed by atoms with Gasteiger partial charge < -0.3 is 14.2 Å². The molecule has 10 heteroatoms. The molecular weight excluding hydrogens is 440 g/mol. The number of ether oxygens (including phenoxy) is 1. The standard InChI is InChI=1S/C23H22F4N4O2/c1-3-22(32,23(25,26)27)20-13-30(29-28-20)12-15-8-9-31-19(10-15)11-17(14-33-2)21(31)16-4-6-18(24)7-5-16/h4-11,13,32H,3,12,14H2,1-2H3. The fourth-order valence-electron chi connectivity index (χ4n) is 3.86. The highest BCUT2D eigenvalue weighted by atomic mass is 19.4. The van der Waals surface area contributed by atoms with Crippen molar-refractivity contribution in [2.75, 3.05) is 7.11 Å². The minimum absolute atomic E-state index is 0.165. The lowest BCUT2D eigenvalue weighted by Gasteiger charge is -2.26. The van der Waals surface area contributed by atoms with Crippen molar-refractivity contribution in [2.24, 2.45) is 0 Å². The number of rotatable bonds is 7. The van der Waals surface area contributed by atoms with Crippen LogP contribution >= 0.6 is 0 Å². The molecule has 6 nitrogen and oxygen atoms in total. The number of pyridine rings is 1. The lowest BCUT2D eigenvalue weighted by molar-refractivity contribution is -0.269. The number of methoxy groups -OCH3 is 1. The van der Waals surface area contributed by atoms with E-state index in [2.05, 4.69) is 10.3 Å². The van der Waals surface area contributed by atoms with Crippen molar-refractivity contribution in [2.45, 2.75) is 38.3 Å². The van der Waals surface area contributed by atoms with Crippen LogP contribution in [0.5, 0.6) is 0 Å². The summed E-state index contributed by atoms with van der Waals surface area (Å²) in [5, 5.41) is 17.4. The van der Waals surface area contributed by atoms with Crippen LogP contribution in [-0.4, -0.2) is 37.8 Å². The minimum Gasteiger partial charge on any atom is -0.380 e. The van der Waals surface area contributed by atoms with Crippen molar-refractivity contribution < 1.29 is 27.4 Å². The fourth-order valence-corrected chi connectivity index (χ4v) is 3.86. The summed E-state index contributed by atoms with van der Waals surface area (Å²) < 4.78 is 61.8. The highest BCUT2D eigenvalue weighted by Gasteiger charge is 2.55. The van der Waals surface area contributed by atoms with Crippen molar-refractivity contribution in [3.8, 4) is 11.3 Å². The Kier molecular flexibility index (Phi) is 5.98. The molecule has 0 aliphatic carbocycles. The van der Waals surface area contributed by atoms with Crippen molar-refractivity contribution in [1.82, 2.24) is 19.4 Å². The van der Waals surface area contributed by atoms with E-state index >= 15 is 0 Å². The summed E-state index contributed by atoms with van der Waals surface area (Å²) in [4.78, 5) is 0. The number of benzene rings is 1. The van der Waals surface area contributed by atoms with Crippen LogP contribution in [0.4, 0.5) is 17.6 Å². The third kappa shape index (κ3) is 4.23. The molecule has 0 aliphatic rings. The van der Waals surface area contributed by atoms with Gasteiger partial charge in [0.05, 0.1) is 25.0 Å². The number of hydrogen-bond acceptors (Lipinski definition) is 4. The molecule has 1 aromatic carbocycles. The second-order valence-electron chi connectivity index (χ2n) is 7.80. The number of alkyl halides is 3. The molecule has 0 aliphatic heterocycles. The van der Waals surface area contributed by atoms with Gasteiger partial charge in [-0.15, -0.1) is 5.10 Å². The van der Waals surface area contributed by atoms with Crippen LogP contribution in [0.1, 0.15) is 30.2 Å². The third-order valence-electron chi connectivity index (χ3n) is 5.62. The number of nitrogens with zero attached hydrogens (tertiary/aromatic N) is 4. The van der Waals surface area contributed by atoms with Gasteiger partial charge in [0.2, 0.25) is 5.60 Å². The van der Waals surface area contributed by atoms with Gasteiger partial charge in [-0.3, -0.25) is 0 Å². The Labute approximate surface area is 187 Å². The van der Waals surface area contributed by atoms with Gasteiger partial charge in [0.1, 0.15) is 11.5 Å². The lowest BCUT2D eigenvalue weighted by Crippen LogP contribution is -2.42. The van der Waals surface area contributed by atoms with Crippen LogP contribution in [-0.2, 0) is 23.5 Å². The Bertz CT molecular complexity index is 1260. The summed E-state index contributed by atoms with van der Waals surface area (Å²) in [5.41, 5.74) is 0.612. The molecule has 4 rings (SSSR count). The molecule has 0 saturated heterocycles. The first-order valence-corrected chi connectivity index (χ1v) is 10.2. The predicted molar refractivity (Wildman–Crippen MR) is 113 cm³/mol. The molecule has 1 atom stereocenters. The zero-order valence-corrected chi connectivity index (χ0v) is 18.0. The molecule has 0 bridgehead atoms. The van der Waals surface area contributed by atoms with Gasteiger partial charge in [-0.2, -0.15) is 13.2 Å². The van der Waals surface area contributed by atoms with Crippen LogP contribution in [0, 0.1) is 5.82 Å². The number of halogens is 4. The first-order chi connectivity index (χ1) is 15.7. The highest BCUT2D eigenvalue weighted by Crippen LogP contribution is 2.40. The van der Waals surface area contributed by atoms with Crippen LogP contribution in [0.15, 0.2) is 54.9 Å². The van der Waals surface area contributed by atoms with Gasteiger partial charge in [0.25, 0.3) is 0 Å². The average molecular weight is 462 g/mol. The molecule has 0 spiro atoms. The number of aliphatic hydroxyl groups is 1. The topological polar surface area (TPSA) is 64.6 Å². The van der Waals surface area contributed by atoms with Gasteiger partial charge in [-0.05, 0) is 60.0 Å². The Morgan fingerprint density at radius 3 is 2.45 bits per heavy atom. The molecule has 1 unspecified atom stereocenters. The molecule has 3 heterocycles. The molecule has 3 aromatic heterocycles. The smallest absolute Gasteiger partial charge is 0.380 e. The Hall–Kier alpha value is -3.24. The number of hydrogen-bond donors (Lipinski definition) is 1. The van der Waals surface area contributed by atoms with E-state index < -0.39 is 23.9 Å².